The minimum Gasteiger partial charge on any atom is -0.346 e. The van der Waals surface area contributed by atoms with E-state index in [9.17, 15) is 4.79 Å². The Balaban J connectivity index is 1.40. The van der Waals surface area contributed by atoms with E-state index in [1.165, 1.54) is 4.70 Å². The van der Waals surface area contributed by atoms with Gasteiger partial charge in [-0.3, -0.25) is 4.79 Å². The number of nitrogens with one attached hydrogen (secondary N) is 1. The molecule has 1 aromatic heterocycles. The van der Waals surface area contributed by atoms with Crippen LogP contribution in [0, 0.1) is 5.92 Å². The van der Waals surface area contributed by atoms with Gasteiger partial charge in [-0.05, 0) is 30.3 Å². The molecule has 1 saturated heterocycles. The predicted octanol–water partition coefficient (Wildman–Crippen LogP) is 4.13. The molecule has 2 heterocycles. The van der Waals surface area contributed by atoms with Crippen LogP contribution in [-0.4, -0.2) is 24.0 Å². The Bertz CT molecular complexity index is 840. The van der Waals surface area contributed by atoms with Crippen molar-refractivity contribution < 1.29 is 4.79 Å². The zero-order valence-corrected chi connectivity index (χ0v) is 14.6. The Kier molecular flexibility index (Phi) is 3.79. The lowest BCUT2D eigenvalue weighted by molar-refractivity contribution is -0.120. The van der Waals surface area contributed by atoms with Gasteiger partial charge in [0.15, 0.2) is 5.13 Å². The second kappa shape index (κ2) is 5.94. The molecule has 23 heavy (non-hydrogen) atoms. The van der Waals surface area contributed by atoms with Gasteiger partial charge in [-0.25, -0.2) is 4.98 Å². The summed E-state index contributed by atoms with van der Waals surface area (Å²) in [5.41, 5.74) is 1.84. The fraction of sp³-hybridized carbons (Fsp3) is 0.176. The van der Waals surface area contributed by atoms with E-state index in [4.69, 9.17) is 0 Å². The van der Waals surface area contributed by atoms with E-state index in [2.05, 4.69) is 37.2 Å². The van der Waals surface area contributed by atoms with Crippen molar-refractivity contribution in [2.24, 2.45) is 5.92 Å². The maximum atomic E-state index is 12.3. The number of benzene rings is 2. The van der Waals surface area contributed by atoms with E-state index in [1.807, 2.05) is 42.5 Å². The van der Waals surface area contributed by atoms with E-state index in [0.29, 0.717) is 0 Å². The molecule has 4 nitrogen and oxygen atoms in total. The van der Waals surface area contributed by atoms with E-state index in [-0.39, 0.29) is 11.8 Å². The molecule has 0 unspecified atom stereocenters. The summed E-state index contributed by atoms with van der Waals surface area (Å²) in [5, 5.41) is 3.97. The molecule has 0 saturated carbocycles. The molecular weight excluding hydrogens is 374 g/mol. The van der Waals surface area contributed by atoms with Crippen molar-refractivity contribution in [1.29, 1.82) is 0 Å². The zero-order valence-electron chi connectivity index (χ0n) is 12.2. The summed E-state index contributed by atoms with van der Waals surface area (Å²) in [6.07, 6.45) is 0. The summed E-state index contributed by atoms with van der Waals surface area (Å²) in [6.45, 7) is 1.44. The molecule has 0 atom stereocenters. The van der Waals surface area contributed by atoms with Crippen molar-refractivity contribution >= 4 is 54.2 Å². The highest BCUT2D eigenvalue weighted by molar-refractivity contribution is 9.10. The Morgan fingerprint density at radius 2 is 2.04 bits per heavy atom. The molecule has 0 bridgehead atoms. The van der Waals surface area contributed by atoms with Crippen LogP contribution in [0.3, 0.4) is 0 Å². The third-order valence-corrected chi connectivity index (χ3v) is 5.49. The minimum absolute atomic E-state index is 0.0148. The van der Waals surface area contributed by atoms with Gasteiger partial charge in [0.05, 0.1) is 16.1 Å². The van der Waals surface area contributed by atoms with Gasteiger partial charge in [-0.2, -0.15) is 0 Å². The molecule has 1 amide bonds. The number of hydrogen-bond acceptors (Lipinski definition) is 4. The highest BCUT2D eigenvalue weighted by Crippen LogP contribution is 2.33. The number of thiazole rings is 1. The number of hydrogen-bond donors (Lipinski definition) is 1. The number of anilines is 2. The number of amides is 1. The van der Waals surface area contributed by atoms with Gasteiger partial charge < -0.3 is 10.2 Å². The molecule has 1 aliphatic heterocycles. The number of carbonyl (C=O) groups excluding carboxylic acids is 1. The monoisotopic (exact) mass is 387 g/mol. The van der Waals surface area contributed by atoms with Crippen molar-refractivity contribution in [3.8, 4) is 0 Å². The van der Waals surface area contributed by atoms with E-state index >= 15 is 0 Å². The molecule has 3 aromatic rings. The first-order valence-corrected chi connectivity index (χ1v) is 8.97. The largest absolute Gasteiger partial charge is 0.346 e. The summed E-state index contributed by atoms with van der Waals surface area (Å²) >= 11 is 5.09. The SMILES string of the molecule is O=C(Nc1cccc(Br)c1)C1CN(c2nc3ccccc3s2)C1. The molecular formula is C17H14BrN3OS. The second-order valence-electron chi connectivity index (χ2n) is 5.57. The van der Waals surface area contributed by atoms with Gasteiger partial charge in [0, 0.05) is 23.2 Å². The molecule has 0 spiro atoms. The predicted molar refractivity (Wildman–Crippen MR) is 98.1 cm³/mol. The average Bonchev–Trinajstić information content (AvgIpc) is 2.89. The first-order chi connectivity index (χ1) is 11.2. The third-order valence-electron chi connectivity index (χ3n) is 3.90. The molecule has 1 N–H and O–H groups in total. The Morgan fingerprint density at radius 1 is 1.22 bits per heavy atom. The summed E-state index contributed by atoms with van der Waals surface area (Å²) in [5.74, 6) is 0.0847. The van der Waals surface area contributed by atoms with Gasteiger partial charge >= 0.3 is 0 Å². The standard InChI is InChI=1S/C17H14BrN3OS/c18-12-4-3-5-13(8-12)19-16(22)11-9-21(10-11)17-20-14-6-1-2-7-15(14)23-17/h1-8,11H,9-10H2,(H,19,22). The fourth-order valence-electron chi connectivity index (χ4n) is 2.61. The molecule has 116 valence electrons. The Hall–Kier alpha value is -1.92. The van der Waals surface area contributed by atoms with Gasteiger partial charge in [0.2, 0.25) is 5.91 Å². The molecule has 0 aliphatic carbocycles. The van der Waals surface area contributed by atoms with Gasteiger partial charge in [-0.1, -0.05) is 45.5 Å². The lowest BCUT2D eigenvalue weighted by Gasteiger charge is -2.37. The molecule has 4 rings (SSSR count). The molecule has 1 aliphatic rings. The van der Waals surface area contributed by atoms with Crippen LogP contribution in [0.5, 0.6) is 0 Å². The number of aromatic nitrogens is 1. The molecule has 6 heteroatoms. The third kappa shape index (κ3) is 2.96. The minimum atomic E-state index is 0.0148. The summed E-state index contributed by atoms with van der Waals surface area (Å²) in [7, 11) is 0. The van der Waals surface area contributed by atoms with Gasteiger partial charge in [0.1, 0.15) is 0 Å². The highest BCUT2D eigenvalue weighted by atomic mass is 79.9. The molecule has 0 radical (unpaired) electrons. The normalized spacial score (nSPS) is 14.7. The smallest absolute Gasteiger partial charge is 0.231 e. The van der Waals surface area contributed by atoms with Crippen LogP contribution in [-0.2, 0) is 4.79 Å². The quantitative estimate of drug-likeness (QED) is 0.734. The molecule has 2 aromatic carbocycles. The first kappa shape index (κ1) is 14.7. The van der Waals surface area contributed by atoms with Crippen molar-refractivity contribution in [3.63, 3.8) is 0 Å². The lowest BCUT2D eigenvalue weighted by atomic mass is 10.00. The number of para-hydroxylation sites is 1. The van der Waals surface area contributed by atoms with Crippen molar-refractivity contribution in [2.75, 3.05) is 23.3 Å². The van der Waals surface area contributed by atoms with E-state index < -0.39 is 0 Å². The van der Waals surface area contributed by atoms with E-state index in [0.717, 1.165) is 33.9 Å². The topological polar surface area (TPSA) is 45.2 Å². The second-order valence-corrected chi connectivity index (χ2v) is 7.49. The van der Waals surface area contributed by atoms with Crippen LogP contribution in [0.25, 0.3) is 10.2 Å². The summed E-state index contributed by atoms with van der Waals surface area (Å²) < 4.78 is 2.14. The summed E-state index contributed by atoms with van der Waals surface area (Å²) in [6, 6.07) is 15.8. The van der Waals surface area contributed by atoms with Crippen LogP contribution >= 0.6 is 27.3 Å². The van der Waals surface area contributed by atoms with Crippen LogP contribution < -0.4 is 10.2 Å². The lowest BCUT2D eigenvalue weighted by Crippen LogP contribution is -2.52. The maximum Gasteiger partial charge on any atom is 0.231 e. The van der Waals surface area contributed by atoms with Crippen LogP contribution in [0.1, 0.15) is 0 Å². The van der Waals surface area contributed by atoms with Crippen LogP contribution in [0.2, 0.25) is 0 Å². The number of fused-ring (bicyclic) bond motifs is 1. The first-order valence-electron chi connectivity index (χ1n) is 7.36. The van der Waals surface area contributed by atoms with Crippen LogP contribution in [0.15, 0.2) is 53.0 Å². The van der Waals surface area contributed by atoms with Crippen molar-refractivity contribution in [3.05, 3.63) is 53.0 Å². The number of carbonyl (C=O) groups is 1. The van der Waals surface area contributed by atoms with Gasteiger partial charge in [-0.15, -0.1) is 0 Å². The van der Waals surface area contributed by atoms with Gasteiger partial charge in [0.25, 0.3) is 0 Å². The average molecular weight is 388 g/mol. The van der Waals surface area contributed by atoms with Crippen molar-refractivity contribution in [2.45, 2.75) is 0 Å². The Labute approximate surface area is 146 Å². The summed E-state index contributed by atoms with van der Waals surface area (Å²) in [4.78, 5) is 19.1. The highest BCUT2D eigenvalue weighted by Gasteiger charge is 2.34. The number of nitrogens with zero attached hydrogens (tertiary/aromatic N) is 2. The molecule has 1 fully saturated rings. The van der Waals surface area contributed by atoms with E-state index in [1.54, 1.807) is 11.3 Å². The zero-order chi connectivity index (χ0) is 15.8. The Morgan fingerprint density at radius 3 is 2.83 bits per heavy atom. The van der Waals surface area contributed by atoms with Crippen LogP contribution in [0.4, 0.5) is 10.8 Å². The van der Waals surface area contributed by atoms with Crippen molar-refractivity contribution in [1.82, 2.24) is 4.98 Å². The number of halogens is 1. The number of rotatable bonds is 3. The fourth-order valence-corrected chi connectivity index (χ4v) is 3.99. The maximum absolute atomic E-state index is 12.3.